The Labute approximate surface area is 137 Å². The highest BCUT2D eigenvalue weighted by atomic mass is 79.9. The highest BCUT2D eigenvalue weighted by Crippen LogP contribution is 2.34. The molecule has 5 heteroatoms. The number of hydrogen-bond donors (Lipinski definition) is 1. The highest BCUT2D eigenvalue weighted by Gasteiger charge is 2.23. The molecular formula is C15H18BrClN2S. The van der Waals surface area contributed by atoms with Crippen LogP contribution >= 0.6 is 38.9 Å². The van der Waals surface area contributed by atoms with Gasteiger partial charge in [-0.1, -0.05) is 29.8 Å². The van der Waals surface area contributed by atoms with Crippen LogP contribution in [0.25, 0.3) is 0 Å². The average Bonchev–Trinajstić information content (AvgIpc) is 2.85. The number of rotatable bonds is 5. The molecule has 2 rings (SSSR count). The minimum Gasteiger partial charge on any atom is -0.329 e. The summed E-state index contributed by atoms with van der Waals surface area (Å²) in [6.07, 6.45) is 0. The zero-order valence-corrected chi connectivity index (χ0v) is 14.7. The van der Waals surface area contributed by atoms with E-state index in [0.717, 1.165) is 15.1 Å². The summed E-state index contributed by atoms with van der Waals surface area (Å²) in [7, 11) is 2.10. The second-order valence-corrected chi connectivity index (χ2v) is 7.05. The lowest BCUT2D eigenvalue weighted by Crippen LogP contribution is -2.32. The fourth-order valence-electron chi connectivity index (χ4n) is 2.29. The Morgan fingerprint density at radius 3 is 2.65 bits per heavy atom. The molecule has 0 saturated heterocycles. The van der Waals surface area contributed by atoms with Gasteiger partial charge in [0.2, 0.25) is 0 Å². The molecule has 0 bridgehead atoms. The van der Waals surface area contributed by atoms with E-state index in [1.165, 1.54) is 4.88 Å². The molecule has 0 aliphatic carbocycles. The normalized spacial score (nSPS) is 14.5. The van der Waals surface area contributed by atoms with Crippen molar-refractivity contribution in [3.63, 3.8) is 0 Å². The minimum atomic E-state index is 0.192. The van der Waals surface area contributed by atoms with Gasteiger partial charge in [0, 0.05) is 32.3 Å². The number of hydrogen-bond acceptors (Lipinski definition) is 3. The molecular weight excluding hydrogens is 356 g/mol. The third-order valence-corrected chi connectivity index (χ3v) is 5.74. The van der Waals surface area contributed by atoms with E-state index < -0.39 is 0 Å². The molecule has 0 saturated carbocycles. The Bertz CT molecular complexity index is 573. The number of thiophene rings is 1. The number of benzene rings is 1. The first-order chi connectivity index (χ1) is 9.54. The van der Waals surface area contributed by atoms with Crippen molar-refractivity contribution in [1.29, 1.82) is 0 Å². The quantitative estimate of drug-likeness (QED) is 0.811. The minimum absolute atomic E-state index is 0.192. The molecule has 20 heavy (non-hydrogen) atoms. The average molecular weight is 374 g/mol. The van der Waals surface area contributed by atoms with E-state index in [2.05, 4.69) is 52.3 Å². The van der Waals surface area contributed by atoms with Gasteiger partial charge in [-0.05, 0) is 47.6 Å². The van der Waals surface area contributed by atoms with E-state index in [1.807, 2.05) is 18.2 Å². The monoisotopic (exact) mass is 372 g/mol. The van der Waals surface area contributed by atoms with Gasteiger partial charge in [-0.15, -0.1) is 11.3 Å². The van der Waals surface area contributed by atoms with E-state index >= 15 is 0 Å². The molecule has 0 aliphatic rings. The lowest BCUT2D eigenvalue weighted by atomic mass is 10.0. The van der Waals surface area contributed by atoms with E-state index in [-0.39, 0.29) is 12.1 Å². The van der Waals surface area contributed by atoms with Crippen LogP contribution in [0.5, 0.6) is 0 Å². The molecule has 0 aliphatic heterocycles. The molecule has 0 amide bonds. The summed E-state index contributed by atoms with van der Waals surface area (Å²) in [5.74, 6) is 0. The first kappa shape index (κ1) is 16.0. The first-order valence-corrected chi connectivity index (χ1v) is 8.50. The standard InChI is InChI=1S/C15H18BrClN2S/c1-10(12-5-3-4-6-13(12)17)19(2)14(8-18)15-7-11(16)9-20-15/h3-7,9-10,14H,8,18H2,1-2H3. The maximum atomic E-state index is 6.30. The third-order valence-electron chi connectivity index (χ3n) is 3.60. The zero-order valence-electron chi connectivity index (χ0n) is 11.5. The molecule has 108 valence electrons. The van der Waals surface area contributed by atoms with Crippen LogP contribution in [-0.4, -0.2) is 18.5 Å². The van der Waals surface area contributed by atoms with Crippen LogP contribution in [0.3, 0.4) is 0 Å². The van der Waals surface area contributed by atoms with Crippen molar-refractivity contribution in [1.82, 2.24) is 4.90 Å². The highest BCUT2D eigenvalue weighted by molar-refractivity contribution is 9.10. The molecule has 2 nitrogen and oxygen atoms in total. The molecule has 2 aromatic rings. The maximum absolute atomic E-state index is 6.30. The van der Waals surface area contributed by atoms with Crippen molar-refractivity contribution in [3.05, 3.63) is 55.6 Å². The van der Waals surface area contributed by atoms with Crippen molar-refractivity contribution in [2.24, 2.45) is 5.73 Å². The second-order valence-electron chi connectivity index (χ2n) is 4.78. The molecule has 2 N–H and O–H groups in total. The summed E-state index contributed by atoms with van der Waals surface area (Å²) in [5.41, 5.74) is 7.12. The van der Waals surface area contributed by atoms with Crippen LogP contribution in [0.2, 0.25) is 5.02 Å². The Hall–Kier alpha value is -0.390. The second kappa shape index (κ2) is 7.05. The van der Waals surface area contributed by atoms with Gasteiger partial charge in [-0.25, -0.2) is 0 Å². The molecule has 0 radical (unpaired) electrons. The van der Waals surface area contributed by atoms with E-state index in [0.29, 0.717) is 6.54 Å². The summed E-state index contributed by atoms with van der Waals surface area (Å²) in [6, 6.07) is 10.5. The van der Waals surface area contributed by atoms with Gasteiger partial charge < -0.3 is 5.73 Å². The van der Waals surface area contributed by atoms with Crippen LogP contribution in [-0.2, 0) is 0 Å². The van der Waals surface area contributed by atoms with E-state index in [1.54, 1.807) is 11.3 Å². The van der Waals surface area contributed by atoms with Gasteiger partial charge >= 0.3 is 0 Å². The van der Waals surface area contributed by atoms with E-state index in [4.69, 9.17) is 17.3 Å². The van der Waals surface area contributed by atoms with Gasteiger partial charge in [0.25, 0.3) is 0 Å². The lowest BCUT2D eigenvalue weighted by molar-refractivity contribution is 0.193. The van der Waals surface area contributed by atoms with Crippen molar-refractivity contribution in [3.8, 4) is 0 Å². The number of likely N-dealkylation sites (N-methyl/N-ethyl adjacent to an activating group) is 1. The van der Waals surface area contributed by atoms with Gasteiger partial charge in [-0.2, -0.15) is 0 Å². The molecule has 2 atom stereocenters. The predicted molar refractivity (Wildman–Crippen MR) is 91.4 cm³/mol. The maximum Gasteiger partial charge on any atom is 0.0567 e. The van der Waals surface area contributed by atoms with Crippen LogP contribution < -0.4 is 5.73 Å². The summed E-state index contributed by atoms with van der Waals surface area (Å²) in [5, 5.41) is 2.89. The predicted octanol–water partition coefficient (Wildman–Crippen LogP) is 4.86. The van der Waals surface area contributed by atoms with E-state index in [9.17, 15) is 0 Å². The third kappa shape index (κ3) is 3.43. The first-order valence-electron chi connectivity index (χ1n) is 6.45. The molecule has 0 fully saturated rings. The summed E-state index contributed by atoms with van der Waals surface area (Å²) in [4.78, 5) is 3.54. The Balaban J connectivity index is 2.24. The summed E-state index contributed by atoms with van der Waals surface area (Å²) >= 11 is 11.5. The van der Waals surface area contributed by atoms with Gasteiger partial charge in [0.15, 0.2) is 0 Å². The Morgan fingerprint density at radius 1 is 1.40 bits per heavy atom. The molecule has 0 spiro atoms. The van der Waals surface area contributed by atoms with Crippen LogP contribution in [0.15, 0.2) is 40.2 Å². The Kier molecular flexibility index (Phi) is 5.64. The molecule has 1 heterocycles. The summed E-state index contributed by atoms with van der Waals surface area (Å²) in [6.45, 7) is 2.74. The topological polar surface area (TPSA) is 29.3 Å². The van der Waals surface area contributed by atoms with Gasteiger partial charge in [-0.3, -0.25) is 4.90 Å². The Morgan fingerprint density at radius 2 is 2.10 bits per heavy atom. The largest absolute Gasteiger partial charge is 0.329 e. The zero-order chi connectivity index (χ0) is 14.7. The van der Waals surface area contributed by atoms with Crippen molar-refractivity contribution < 1.29 is 0 Å². The van der Waals surface area contributed by atoms with Crippen LogP contribution in [0, 0.1) is 0 Å². The smallest absolute Gasteiger partial charge is 0.0567 e. The fraction of sp³-hybridized carbons (Fsp3) is 0.333. The van der Waals surface area contributed by atoms with Gasteiger partial charge in [0.05, 0.1) is 6.04 Å². The molecule has 1 aromatic carbocycles. The SMILES string of the molecule is CC(c1ccccc1Cl)N(C)C(CN)c1cc(Br)cs1. The lowest BCUT2D eigenvalue weighted by Gasteiger charge is -2.32. The van der Waals surface area contributed by atoms with Crippen molar-refractivity contribution >= 4 is 38.9 Å². The fourth-order valence-corrected chi connectivity index (χ4v) is 4.19. The number of halogens is 2. The number of nitrogens with zero attached hydrogens (tertiary/aromatic N) is 1. The molecule has 1 aromatic heterocycles. The summed E-state index contributed by atoms with van der Waals surface area (Å²) < 4.78 is 1.11. The number of nitrogens with two attached hydrogens (primary N) is 1. The van der Waals surface area contributed by atoms with Crippen molar-refractivity contribution in [2.45, 2.75) is 19.0 Å². The van der Waals surface area contributed by atoms with Gasteiger partial charge in [0.1, 0.15) is 0 Å². The van der Waals surface area contributed by atoms with Crippen LogP contribution in [0.1, 0.15) is 29.4 Å². The van der Waals surface area contributed by atoms with Crippen LogP contribution in [0.4, 0.5) is 0 Å². The molecule has 2 unspecified atom stereocenters. The van der Waals surface area contributed by atoms with Crippen molar-refractivity contribution in [2.75, 3.05) is 13.6 Å².